The standard InChI is InChI=1S/C3H2ClNO/c4-3-1-2-6-5-3/h1-2H/p+1. The molecule has 1 aromatic heterocycles. The highest BCUT2D eigenvalue weighted by Crippen LogP contribution is 1.93. The zero-order valence-electron chi connectivity index (χ0n) is 2.94. The lowest BCUT2D eigenvalue weighted by molar-refractivity contribution is -0.606. The van der Waals surface area contributed by atoms with Gasteiger partial charge in [0.15, 0.2) is 6.26 Å². The fourth-order valence-electron chi connectivity index (χ4n) is 0.218. The van der Waals surface area contributed by atoms with Crippen LogP contribution in [0.15, 0.2) is 16.9 Å². The van der Waals surface area contributed by atoms with Gasteiger partial charge in [-0.3, -0.25) is 0 Å². The Labute approximate surface area is 39.7 Å². The van der Waals surface area contributed by atoms with Crippen molar-refractivity contribution in [3.8, 4) is 0 Å². The summed E-state index contributed by atoms with van der Waals surface area (Å²) in [5.41, 5.74) is 0. The van der Waals surface area contributed by atoms with Gasteiger partial charge in [0, 0.05) is 0 Å². The molecule has 3 heteroatoms. The minimum absolute atomic E-state index is 0.523. The van der Waals surface area contributed by atoms with Crippen molar-refractivity contribution < 1.29 is 9.68 Å². The second-order valence-electron chi connectivity index (χ2n) is 0.871. The van der Waals surface area contributed by atoms with E-state index >= 15 is 0 Å². The van der Waals surface area contributed by atoms with E-state index in [1.807, 2.05) is 0 Å². The third kappa shape index (κ3) is 0.518. The third-order valence-corrected chi connectivity index (χ3v) is 0.642. The van der Waals surface area contributed by atoms with Gasteiger partial charge in [-0.25, -0.2) is 4.52 Å². The molecule has 0 aliphatic heterocycles. The van der Waals surface area contributed by atoms with E-state index in [2.05, 4.69) is 9.68 Å². The van der Waals surface area contributed by atoms with Gasteiger partial charge in [-0.15, -0.1) is 0 Å². The van der Waals surface area contributed by atoms with Crippen molar-refractivity contribution in [2.45, 2.75) is 0 Å². The van der Waals surface area contributed by atoms with Crippen LogP contribution < -0.4 is 5.16 Å². The molecule has 2 nitrogen and oxygen atoms in total. The van der Waals surface area contributed by atoms with Crippen molar-refractivity contribution in [1.82, 2.24) is 0 Å². The molecule has 0 saturated carbocycles. The van der Waals surface area contributed by atoms with E-state index in [-0.39, 0.29) is 0 Å². The zero-order valence-corrected chi connectivity index (χ0v) is 3.70. The van der Waals surface area contributed by atoms with E-state index in [0.29, 0.717) is 5.15 Å². The molecular formula is C3H3ClNO+. The summed E-state index contributed by atoms with van der Waals surface area (Å²) in [6.45, 7) is 0. The fourth-order valence-corrected chi connectivity index (χ4v) is 0.314. The Balaban J connectivity index is 3.05. The number of H-pyrrole nitrogens is 1. The first-order valence-corrected chi connectivity index (χ1v) is 1.88. The summed E-state index contributed by atoms with van der Waals surface area (Å²) < 4.78 is 4.46. The summed E-state index contributed by atoms with van der Waals surface area (Å²) in [5.74, 6) is 0. The van der Waals surface area contributed by atoms with Crippen molar-refractivity contribution in [3.05, 3.63) is 17.5 Å². The van der Waals surface area contributed by atoms with Gasteiger partial charge in [0.1, 0.15) is 0 Å². The molecule has 0 aliphatic rings. The number of hydrogen-bond donors (Lipinski definition) is 0. The van der Waals surface area contributed by atoms with E-state index in [0.717, 1.165) is 0 Å². The number of aromatic nitrogens is 1. The number of hydrogen-bond acceptors (Lipinski definition) is 1. The molecular weight excluding hydrogens is 101 g/mol. The second-order valence-corrected chi connectivity index (χ2v) is 1.28. The minimum atomic E-state index is 0.523. The quantitative estimate of drug-likeness (QED) is 0.477. The van der Waals surface area contributed by atoms with Crippen LogP contribution in [0.2, 0.25) is 5.15 Å². The van der Waals surface area contributed by atoms with Crippen LogP contribution in [-0.4, -0.2) is 0 Å². The molecule has 6 heavy (non-hydrogen) atoms. The van der Waals surface area contributed by atoms with E-state index in [9.17, 15) is 0 Å². The lowest BCUT2D eigenvalue weighted by Gasteiger charge is -1.49. The Kier molecular flexibility index (Phi) is 0.801. The minimum Gasteiger partial charge on any atom is -0.245 e. The van der Waals surface area contributed by atoms with Gasteiger partial charge < -0.3 is 0 Å². The van der Waals surface area contributed by atoms with Gasteiger partial charge >= 0.3 is 5.15 Å². The van der Waals surface area contributed by atoms with Crippen molar-refractivity contribution >= 4 is 11.6 Å². The summed E-state index contributed by atoms with van der Waals surface area (Å²) in [5, 5.41) is 2.91. The van der Waals surface area contributed by atoms with Gasteiger partial charge in [-0.2, -0.15) is 0 Å². The zero-order chi connectivity index (χ0) is 4.41. The topological polar surface area (TPSA) is 27.3 Å². The Morgan fingerprint density at radius 2 is 2.67 bits per heavy atom. The number of aromatic amines is 1. The summed E-state index contributed by atoms with van der Waals surface area (Å²) >= 11 is 5.31. The van der Waals surface area contributed by atoms with Crippen molar-refractivity contribution in [2.75, 3.05) is 0 Å². The largest absolute Gasteiger partial charge is 0.320 e. The van der Waals surface area contributed by atoms with Crippen molar-refractivity contribution in [1.29, 1.82) is 0 Å². The predicted octanol–water partition coefficient (Wildman–Crippen LogP) is 0.747. The number of rotatable bonds is 0. The molecule has 1 rings (SSSR count). The van der Waals surface area contributed by atoms with Gasteiger partial charge in [-0.05, 0) is 16.8 Å². The summed E-state index contributed by atoms with van der Waals surface area (Å²) in [6.07, 6.45) is 1.47. The first kappa shape index (κ1) is 3.68. The molecule has 1 aromatic rings. The summed E-state index contributed by atoms with van der Waals surface area (Å²) in [7, 11) is 0. The molecule has 0 spiro atoms. The number of nitrogens with one attached hydrogen (secondary N) is 1. The Bertz CT molecular complexity index is 114. The summed E-state index contributed by atoms with van der Waals surface area (Å²) in [6, 6.07) is 1.63. The van der Waals surface area contributed by atoms with Crippen molar-refractivity contribution in [3.63, 3.8) is 0 Å². The van der Waals surface area contributed by atoms with Gasteiger partial charge in [0.25, 0.3) is 0 Å². The van der Waals surface area contributed by atoms with E-state index in [4.69, 9.17) is 11.6 Å². The molecule has 0 aromatic carbocycles. The van der Waals surface area contributed by atoms with Crippen LogP contribution in [-0.2, 0) is 0 Å². The van der Waals surface area contributed by atoms with Crippen LogP contribution in [0.3, 0.4) is 0 Å². The molecule has 0 aliphatic carbocycles. The highest BCUT2D eigenvalue weighted by atomic mass is 35.5. The first-order chi connectivity index (χ1) is 2.89. The molecule has 32 valence electrons. The second kappa shape index (κ2) is 1.30. The number of halogens is 1. The fraction of sp³-hybridized carbons (Fsp3) is 0. The molecule has 0 fully saturated rings. The van der Waals surface area contributed by atoms with Crippen LogP contribution in [0.5, 0.6) is 0 Å². The maximum absolute atomic E-state index is 5.31. The van der Waals surface area contributed by atoms with Gasteiger partial charge in [0.2, 0.25) is 0 Å². The molecule has 1 heterocycles. The molecule has 0 saturated heterocycles. The molecule has 0 bridgehead atoms. The summed E-state index contributed by atoms with van der Waals surface area (Å²) in [4.78, 5) is 0. The van der Waals surface area contributed by atoms with Gasteiger partial charge in [-0.1, -0.05) is 0 Å². The lowest BCUT2D eigenvalue weighted by Crippen LogP contribution is -1.91. The molecule has 1 N–H and O–H groups in total. The van der Waals surface area contributed by atoms with E-state index in [1.165, 1.54) is 6.26 Å². The van der Waals surface area contributed by atoms with Gasteiger partial charge in [0.05, 0.1) is 6.07 Å². The van der Waals surface area contributed by atoms with Crippen LogP contribution in [0.1, 0.15) is 0 Å². The maximum atomic E-state index is 5.31. The molecule has 0 atom stereocenters. The smallest absolute Gasteiger partial charge is 0.245 e. The average molecular weight is 105 g/mol. The Morgan fingerprint density at radius 3 is 2.83 bits per heavy atom. The van der Waals surface area contributed by atoms with Crippen molar-refractivity contribution in [2.24, 2.45) is 0 Å². The first-order valence-electron chi connectivity index (χ1n) is 1.50. The Hall–Kier alpha value is -0.500. The Morgan fingerprint density at radius 1 is 1.83 bits per heavy atom. The third-order valence-electron chi connectivity index (χ3n) is 0.439. The highest BCUT2D eigenvalue weighted by molar-refractivity contribution is 6.28. The SMILES string of the molecule is Clc1cco[nH+]1. The van der Waals surface area contributed by atoms with Crippen LogP contribution in [0.25, 0.3) is 0 Å². The molecule has 0 radical (unpaired) electrons. The maximum Gasteiger partial charge on any atom is 0.320 e. The monoisotopic (exact) mass is 104 g/mol. The lowest BCUT2D eigenvalue weighted by atomic mass is 10.8. The van der Waals surface area contributed by atoms with Crippen LogP contribution in [0.4, 0.5) is 0 Å². The predicted molar refractivity (Wildman–Crippen MR) is 20.3 cm³/mol. The van der Waals surface area contributed by atoms with Crippen LogP contribution >= 0.6 is 11.6 Å². The average Bonchev–Trinajstić information content (AvgIpc) is 1.86. The van der Waals surface area contributed by atoms with Crippen LogP contribution in [0, 0.1) is 0 Å². The normalized spacial score (nSPS) is 8.83. The highest BCUT2D eigenvalue weighted by Gasteiger charge is 1.90. The molecule has 0 unspecified atom stereocenters. The molecule has 0 amide bonds. The van der Waals surface area contributed by atoms with E-state index in [1.54, 1.807) is 6.07 Å². The van der Waals surface area contributed by atoms with E-state index < -0.39 is 0 Å².